The Kier molecular flexibility index (Phi) is 5.61. The van der Waals surface area contributed by atoms with Crippen molar-refractivity contribution in [1.82, 2.24) is 0 Å². The summed E-state index contributed by atoms with van der Waals surface area (Å²) in [6.07, 6.45) is 0. The number of thiocarbonyl (C=S) groups is 1. The van der Waals surface area contributed by atoms with Crippen molar-refractivity contribution in [3.05, 3.63) is 35.4 Å². The summed E-state index contributed by atoms with van der Waals surface area (Å²) in [4.78, 5) is 12.0. The fourth-order valence-corrected chi connectivity index (χ4v) is 1.83. The van der Waals surface area contributed by atoms with E-state index in [2.05, 4.69) is 17.4 Å². The fourth-order valence-electron chi connectivity index (χ4n) is 1.33. The van der Waals surface area contributed by atoms with E-state index < -0.39 is 0 Å². The molecule has 1 unspecified atom stereocenters. The largest absolute Gasteiger partial charge is 0.465 e. The molecule has 17 heavy (non-hydrogen) atoms. The first-order chi connectivity index (χ1) is 8.10. The number of thiol groups is 1. The van der Waals surface area contributed by atoms with Crippen LogP contribution in [0.1, 0.15) is 21.2 Å². The zero-order valence-corrected chi connectivity index (χ0v) is 11.4. The molecule has 0 aromatic heterocycles. The van der Waals surface area contributed by atoms with Gasteiger partial charge in [0.25, 0.3) is 0 Å². The van der Waals surface area contributed by atoms with Crippen LogP contribution in [0.25, 0.3) is 0 Å². The second-order valence-corrected chi connectivity index (χ2v) is 4.46. The summed E-state index contributed by atoms with van der Waals surface area (Å²) >= 11 is 9.59. The molecule has 0 aliphatic rings. The van der Waals surface area contributed by atoms with Gasteiger partial charge in [0.1, 0.15) is 0 Å². The molecule has 92 valence electrons. The second kappa shape index (κ2) is 6.74. The number of hydrogen-bond acceptors (Lipinski definition) is 5. The van der Waals surface area contributed by atoms with Gasteiger partial charge in [-0.1, -0.05) is 24.4 Å². The average Bonchev–Trinajstić information content (AvgIpc) is 2.37. The minimum Gasteiger partial charge on any atom is -0.465 e. The third kappa shape index (κ3) is 3.80. The van der Waals surface area contributed by atoms with Gasteiger partial charge in [0.15, 0.2) is 0 Å². The van der Waals surface area contributed by atoms with E-state index in [1.54, 1.807) is 19.2 Å². The lowest BCUT2D eigenvalue weighted by atomic mass is 10.1. The van der Waals surface area contributed by atoms with Gasteiger partial charge >= 0.3 is 5.97 Å². The topological polar surface area (TPSA) is 35.5 Å². The maximum atomic E-state index is 11.2. The van der Waals surface area contributed by atoms with Crippen molar-refractivity contribution >= 4 is 35.7 Å². The van der Waals surface area contributed by atoms with Crippen molar-refractivity contribution in [2.45, 2.75) is 5.25 Å². The van der Waals surface area contributed by atoms with Gasteiger partial charge in [0.2, 0.25) is 0 Å². The molecule has 0 heterocycles. The molecule has 0 amide bonds. The summed E-state index contributed by atoms with van der Waals surface area (Å²) in [5.41, 5.74) is 1.44. The number of hydrogen-bond donors (Lipinski definition) is 1. The summed E-state index contributed by atoms with van der Waals surface area (Å²) in [5, 5.41) is -0.170. The molecule has 1 atom stereocenters. The lowest BCUT2D eigenvalue weighted by Crippen LogP contribution is -2.11. The van der Waals surface area contributed by atoms with Crippen LogP contribution in [0, 0.1) is 0 Å². The van der Waals surface area contributed by atoms with Crippen LogP contribution in [0.15, 0.2) is 24.3 Å². The van der Waals surface area contributed by atoms with Crippen molar-refractivity contribution in [3.63, 3.8) is 0 Å². The summed E-state index contributed by atoms with van der Waals surface area (Å²) in [7, 11) is 2.94. The number of esters is 1. The number of carbonyl (C=O) groups excluding carboxylic acids is 1. The number of carbonyl (C=O) groups is 1. The Balaban J connectivity index is 2.80. The zero-order chi connectivity index (χ0) is 12.8. The van der Waals surface area contributed by atoms with Crippen LogP contribution in [0.5, 0.6) is 0 Å². The van der Waals surface area contributed by atoms with Crippen molar-refractivity contribution in [3.8, 4) is 0 Å². The molecule has 0 fully saturated rings. The minimum absolute atomic E-state index is 0.170. The minimum atomic E-state index is -0.355. The molecular formula is C12H14O3S2. The van der Waals surface area contributed by atoms with E-state index in [4.69, 9.17) is 17.0 Å². The monoisotopic (exact) mass is 270 g/mol. The molecule has 0 aliphatic heterocycles. The van der Waals surface area contributed by atoms with Crippen LogP contribution >= 0.6 is 24.8 Å². The van der Waals surface area contributed by atoms with Crippen LogP contribution in [-0.4, -0.2) is 31.7 Å². The first kappa shape index (κ1) is 14.2. The van der Waals surface area contributed by atoms with Gasteiger partial charge in [-0.3, -0.25) is 0 Å². The van der Waals surface area contributed by atoms with Crippen molar-refractivity contribution in [2.75, 3.05) is 20.8 Å². The summed E-state index contributed by atoms with van der Waals surface area (Å²) in [5.74, 6) is -0.355. The number of rotatable bonds is 5. The lowest BCUT2D eigenvalue weighted by molar-refractivity contribution is 0.0600. The van der Waals surface area contributed by atoms with E-state index in [0.29, 0.717) is 17.0 Å². The Bertz CT molecular complexity index is 401. The van der Waals surface area contributed by atoms with Crippen LogP contribution < -0.4 is 0 Å². The second-order valence-electron chi connectivity index (χ2n) is 3.42. The first-order valence-corrected chi connectivity index (χ1v) is 5.90. The molecule has 0 aliphatic carbocycles. The summed E-state index contributed by atoms with van der Waals surface area (Å²) in [6, 6.07) is 7.01. The third-order valence-corrected chi connectivity index (χ3v) is 3.38. The van der Waals surface area contributed by atoms with Crippen molar-refractivity contribution < 1.29 is 14.3 Å². The van der Waals surface area contributed by atoms with Gasteiger partial charge < -0.3 is 9.47 Å². The van der Waals surface area contributed by atoms with Gasteiger partial charge in [0, 0.05) is 12.0 Å². The Hall–Kier alpha value is -0.910. The third-order valence-electron chi connectivity index (χ3n) is 2.24. The van der Waals surface area contributed by atoms with Crippen molar-refractivity contribution in [1.29, 1.82) is 0 Å². The molecule has 0 saturated carbocycles. The van der Waals surface area contributed by atoms with Gasteiger partial charge in [0.05, 0.1) is 24.5 Å². The highest BCUT2D eigenvalue weighted by atomic mass is 32.1. The van der Waals surface area contributed by atoms with Crippen LogP contribution in [0.3, 0.4) is 0 Å². The maximum Gasteiger partial charge on any atom is 0.337 e. The molecule has 5 heteroatoms. The van der Waals surface area contributed by atoms with Crippen molar-refractivity contribution in [2.24, 2.45) is 0 Å². The Morgan fingerprint density at radius 3 is 2.41 bits per heavy atom. The van der Waals surface area contributed by atoms with E-state index in [-0.39, 0.29) is 11.2 Å². The predicted octanol–water partition coefficient (Wildman–Crippen LogP) is 2.46. The van der Waals surface area contributed by atoms with Crippen LogP contribution in [0.4, 0.5) is 0 Å². The molecule has 1 aromatic carbocycles. The normalized spacial score (nSPS) is 11.9. The van der Waals surface area contributed by atoms with Gasteiger partial charge in [-0.2, -0.15) is 12.6 Å². The molecule has 1 rings (SSSR count). The first-order valence-electron chi connectivity index (χ1n) is 4.98. The highest BCUT2D eigenvalue weighted by Gasteiger charge is 2.13. The summed E-state index contributed by atoms with van der Waals surface area (Å²) in [6.45, 7) is 0.391. The summed E-state index contributed by atoms with van der Waals surface area (Å²) < 4.78 is 9.58. The highest BCUT2D eigenvalue weighted by Crippen LogP contribution is 2.22. The standard InChI is InChI=1S/C12H14O3S2/c1-14-7-10(16)11(17)8-3-5-9(6-4-8)12(13)15-2/h3-6,11,17H,7H2,1-2H3. The molecule has 0 spiro atoms. The van der Waals surface area contributed by atoms with E-state index in [9.17, 15) is 4.79 Å². The predicted molar refractivity (Wildman–Crippen MR) is 74.0 cm³/mol. The van der Waals surface area contributed by atoms with Crippen LogP contribution in [-0.2, 0) is 9.47 Å². The molecular weight excluding hydrogens is 256 g/mol. The highest BCUT2D eigenvalue weighted by molar-refractivity contribution is 7.86. The van der Waals surface area contributed by atoms with Gasteiger partial charge in [-0.05, 0) is 17.7 Å². The molecule has 0 saturated heterocycles. The van der Waals surface area contributed by atoms with E-state index in [1.807, 2.05) is 12.1 Å². The molecule has 0 radical (unpaired) electrons. The van der Waals surface area contributed by atoms with Gasteiger partial charge in [-0.25, -0.2) is 4.79 Å². The molecule has 1 aromatic rings. The smallest absolute Gasteiger partial charge is 0.337 e. The molecule has 3 nitrogen and oxygen atoms in total. The maximum absolute atomic E-state index is 11.2. The Morgan fingerprint density at radius 1 is 1.35 bits per heavy atom. The zero-order valence-electron chi connectivity index (χ0n) is 9.67. The van der Waals surface area contributed by atoms with E-state index >= 15 is 0 Å². The SMILES string of the molecule is COCC(=S)C(S)c1ccc(C(=O)OC)cc1. The lowest BCUT2D eigenvalue weighted by Gasteiger charge is -2.12. The molecule has 0 N–H and O–H groups in total. The number of methoxy groups -OCH3 is 2. The Morgan fingerprint density at radius 2 is 1.94 bits per heavy atom. The Labute approximate surface area is 112 Å². The molecule has 0 bridgehead atoms. The fraction of sp³-hybridized carbons (Fsp3) is 0.333. The van der Waals surface area contributed by atoms with E-state index in [1.165, 1.54) is 7.11 Å². The quantitative estimate of drug-likeness (QED) is 0.506. The van der Waals surface area contributed by atoms with Crippen LogP contribution in [0.2, 0.25) is 0 Å². The number of ether oxygens (including phenoxy) is 2. The average molecular weight is 270 g/mol. The number of benzene rings is 1. The van der Waals surface area contributed by atoms with E-state index in [0.717, 1.165) is 5.56 Å². The van der Waals surface area contributed by atoms with Gasteiger partial charge in [-0.15, -0.1) is 0 Å².